The third kappa shape index (κ3) is 1.46. The van der Waals surface area contributed by atoms with Crippen LogP contribution in [0.3, 0.4) is 0 Å². The number of hydrogen-bond donors (Lipinski definition) is 1. The lowest BCUT2D eigenvalue weighted by atomic mass is 9.75. The molecule has 0 atom stereocenters. The first-order valence-electron chi connectivity index (χ1n) is 4.93. The molecule has 2 saturated heterocycles. The van der Waals surface area contributed by atoms with E-state index in [1.807, 2.05) is 6.92 Å². The first kappa shape index (κ1) is 9.40. The molecule has 76 valence electrons. The molecule has 0 bridgehead atoms. The van der Waals surface area contributed by atoms with Crippen molar-refractivity contribution in [2.75, 3.05) is 26.2 Å². The van der Waals surface area contributed by atoms with Gasteiger partial charge in [-0.05, 0) is 6.92 Å². The summed E-state index contributed by atoms with van der Waals surface area (Å²) in [4.78, 5) is 10.6. The topological polar surface area (TPSA) is 40.0 Å². The highest BCUT2D eigenvalue weighted by Crippen LogP contribution is 2.34. The van der Waals surface area contributed by atoms with Crippen molar-refractivity contribution in [3.05, 3.63) is 12.8 Å². The molecule has 2 heterocycles. The van der Waals surface area contributed by atoms with Gasteiger partial charge in [-0.25, -0.2) is 9.98 Å². The van der Waals surface area contributed by atoms with E-state index in [-0.39, 0.29) is 0 Å². The molecule has 0 aromatic carbocycles. The van der Waals surface area contributed by atoms with Crippen LogP contribution in [0, 0.1) is 5.41 Å². The number of guanidine groups is 1. The molecule has 0 aromatic rings. The lowest BCUT2D eigenvalue weighted by Crippen LogP contribution is -2.71. The Balaban J connectivity index is 1.95. The molecule has 2 aliphatic heterocycles. The molecule has 0 aliphatic carbocycles. The van der Waals surface area contributed by atoms with E-state index in [1.165, 1.54) is 0 Å². The molecule has 2 rings (SSSR count). The summed E-state index contributed by atoms with van der Waals surface area (Å²) in [5.74, 6) is 0.792. The first-order chi connectivity index (χ1) is 6.79. The molecule has 0 unspecified atom stereocenters. The van der Waals surface area contributed by atoms with Crippen LogP contribution in [0.5, 0.6) is 0 Å². The van der Waals surface area contributed by atoms with Gasteiger partial charge in [-0.3, -0.25) is 0 Å². The maximum absolute atomic E-state index is 4.22. The number of hydrogen-bond acceptors (Lipinski definition) is 2. The van der Waals surface area contributed by atoms with Crippen molar-refractivity contribution in [2.24, 2.45) is 15.4 Å². The summed E-state index contributed by atoms with van der Waals surface area (Å²) >= 11 is 0. The average Bonchev–Trinajstić information content (AvgIpc) is 1.99. The van der Waals surface area contributed by atoms with Crippen LogP contribution in [0.2, 0.25) is 0 Å². The predicted octanol–water partition coefficient (Wildman–Crippen LogP) is 0.482. The van der Waals surface area contributed by atoms with Crippen LogP contribution in [0.15, 0.2) is 22.8 Å². The summed E-state index contributed by atoms with van der Waals surface area (Å²) in [7, 11) is 0. The van der Waals surface area contributed by atoms with Gasteiger partial charge in [0.1, 0.15) is 0 Å². The molecule has 2 aliphatic rings. The molecular formula is C10H16N4. The van der Waals surface area contributed by atoms with Gasteiger partial charge < -0.3 is 10.2 Å². The Hall–Kier alpha value is -1.16. The van der Waals surface area contributed by atoms with Gasteiger partial charge in [-0.1, -0.05) is 6.58 Å². The van der Waals surface area contributed by atoms with E-state index >= 15 is 0 Å². The summed E-state index contributed by atoms with van der Waals surface area (Å²) < 4.78 is 0. The van der Waals surface area contributed by atoms with E-state index < -0.39 is 0 Å². The second-order valence-electron chi connectivity index (χ2n) is 3.96. The van der Waals surface area contributed by atoms with E-state index in [0.717, 1.165) is 32.1 Å². The normalized spacial score (nSPS) is 24.9. The van der Waals surface area contributed by atoms with Crippen LogP contribution in [0.4, 0.5) is 0 Å². The summed E-state index contributed by atoms with van der Waals surface area (Å²) in [5, 5.41) is 3.30. The van der Waals surface area contributed by atoms with Crippen molar-refractivity contribution in [1.82, 2.24) is 10.2 Å². The van der Waals surface area contributed by atoms with E-state index in [0.29, 0.717) is 5.41 Å². The monoisotopic (exact) mass is 192 g/mol. The fourth-order valence-electron chi connectivity index (χ4n) is 2.00. The van der Waals surface area contributed by atoms with Crippen molar-refractivity contribution in [2.45, 2.75) is 6.92 Å². The molecule has 4 nitrogen and oxygen atoms in total. The smallest absolute Gasteiger partial charge is 0.224 e. The molecule has 0 amide bonds. The van der Waals surface area contributed by atoms with E-state index in [4.69, 9.17) is 0 Å². The lowest BCUT2D eigenvalue weighted by molar-refractivity contribution is 0.00635. The SMILES string of the molecule is C=CN=C(/N=C\C)N1CC2(CNC2)C1. The molecule has 0 aromatic heterocycles. The highest BCUT2D eigenvalue weighted by molar-refractivity contribution is 5.88. The fourth-order valence-corrected chi connectivity index (χ4v) is 2.00. The lowest BCUT2D eigenvalue weighted by Gasteiger charge is -2.56. The number of nitrogens with one attached hydrogen (secondary N) is 1. The zero-order valence-corrected chi connectivity index (χ0v) is 8.53. The van der Waals surface area contributed by atoms with Gasteiger partial charge in [0.25, 0.3) is 0 Å². The largest absolute Gasteiger partial charge is 0.339 e. The fraction of sp³-hybridized carbons (Fsp3) is 0.600. The van der Waals surface area contributed by atoms with Gasteiger partial charge >= 0.3 is 0 Å². The minimum Gasteiger partial charge on any atom is -0.339 e. The zero-order valence-electron chi connectivity index (χ0n) is 8.53. The number of rotatable bonds is 1. The van der Waals surface area contributed by atoms with Crippen LogP contribution in [0.25, 0.3) is 0 Å². The quantitative estimate of drug-likeness (QED) is 0.485. The Morgan fingerprint density at radius 2 is 2.21 bits per heavy atom. The van der Waals surface area contributed by atoms with Gasteiger partial charge in [0.05, 0.1) is 0 Å². The summed E-state index contributed by atoms with van der Waals surface area (Å²) in [6, 6.07) is 0. The average molecular weight is 192 g/mol. The molecule has 4 heteroatoms. The second kappa shape index (κ2) is 3.53. The number of aliphatic imine (C=N–C) groups is 2. The van der Waals surface area contributed by atoms with E-state index in [1.54, 1.807) is 12.4 Å². The van der Waals surface area contributed by atoms with Gasteiger partial charge in [0, 0.05) is 44.0 Å². The van der Waals surface area contributed by atoms with Crippen LogP contribution in [0.1, 0.15) is 6.92 Å². The summed E-state index contributed by atoms with van der Waals surface area (Å²) in [6.45, 7) is 9.92. The van der Waals surface area contributed by atoms with Crippen LogP contribution < -0.4 is 5.32 Å². The maximum atomic E-state index is 4.22. The highest BCUT2D eigenvalue weighted by Gasteiger charge is 2.48. The molecule has 2 fully saturated rings. The van der Waals surface area contributed by atoms with Crippen LogP contribution in [-0.4, -0.2) is 43.3 Å². The first-order valence-corrected chi connectivity index (χ1v) is 4.93. The van der Waals surface area contributed by atoms with Crippen molar-refractivity contribution in [3.8, 4) is 0 Å². The number of nitrogens with zero attached hydrogens (tertiary/aromatic N) is 3. The van der Waals surface area contributed by atoms with Gasteiger partial charge in [-0.15, -0.1) is 0 Å². The van der Waals surface area contributed by atoms with E-state index in [2.05, 4.69) is 26.8 Å². The Morgan fingerprint density at radius 1 is 1.50 bits per heavy atom. The molecule has 0 saturated carbocycles. The van der Waals surface area contributed by atoms with Crippen molar-refractivity contribution in [1.29, 1.82) is 0 Å². The Labute approximate surface area is 84.4 Å². The van der Waals surface area contributed by atoms with E-state index in [9.17, 15) is 0 Å². The molecule has 1 spiro atoms. The van der Waals surface area contributed by atoms with Gasteiger partial charge in [0.2, 0.25) is 5.96 Å². The van der Waals surface area contributed by atoms with Crippen molar-refractivity contribution in [3.63, 3.8) is 0 Å². The maximum Gasteiger partial charge on any atom is 0.224 e. The summed E-state index contributed by atoms with van der Waals surface area (Å²) in [5.41, 5.74) is 0.519. The van der Waals surface area contributed by atoms with Crippen molar-refractivity contribution >= 4 is 12.2 Å². The van der Waals surface area contributed by atoms with Crippen LogP contribution >= 0.6 is 0 Å². The molecule has 14 heavy (non-hydrogen) atoms. The summed E-state index contributed by atoms with van der Waals surface area (Å²) in [6.07, 6.45) is 3.32. The third-order valence-corrected chi connectivity index (χ3v) is 2.79. The minimum atomic E-state index is 0.519. The highest BCUT2D eigenvalue weighted by atomic mass is 15.3. The minimum absolute atomic E-state index is 0.519. The zero-order chi connectivity index (χ0) is 10.0. The molecule has 1 N–H and O–H groups in total. The second-order valence-corrected chi connectivity index (χ2v) is 3.96. The Morgan fingerprint density at radius 3 is 2.64 bits per heavy atom. The third-order valence-electron chi connectivity index (χ3n) is 2.79. The molecule has 0 radical (unpaired) electrons. The van der Waals surface area contributed by atoms with Gasteiger partial charge in [0.15, 0.2) is 0 Å². The van der Waals surface area contributed by atoms with Gasteiger partial charge in [-0.2, -0.15) is 0 Å². The Kier molecular flexibility index (Phi) is 2.37. The Bertz CT molecular complexity index is 280. The number of likely N-dealkylation sites (tertiary alicyclic amines) is 1. The molecular weight excluding hydrogens is 176 g/mol. The van der Waals surface area contributed by atoms with Crippen molar-refractivity contribution < 1.29 is 0 Å². The van der Waals surface area contributed by atoms with Crippen LogP contribution in [-0.2, 0) is 0 Å². The standard InChI is InChI=1S/C10H16N4/c1-3-12-9(13-4-2)14-7-10(8-14)5-11-6-10/h3-4,11H,1,5-8H2,2H3/b12-9?,13-4-. The predicted molar refractivity (Wildman–Crippen MR) is 58.7 cm³/mol.